The van der Waals surface area contributed by atoms with Crippen LogP contribution in [0, 0.1) is 12.7 Å². The summed E-state index contributed by atoms with van der Waals surface area (Å²) in [6, 6.07) is 4.48. The Balaban J connectivity index is 1.71. The number of β-amino-alcohol motifs (C(OH)–C–C–N with tert-alkyl or cyclic N) is 2. The van der Waals surface area contributed by atoms with Crippen molar-refractivity contribution in [2.75, 3.05) is 39.3 Å². The van der Waals surface area contributed by atoms with Crippen LogP contribution in [0.5, 0.6) is 5.75 Å². The molecular weight excluding hydrogens is 375 g/mol. The van der Waals surface area contributed by atoms with Crippen molar-refractivity contribution < 1.29 is 24.1 Å². The van der Waals surface area contributed by atoms with Crippen molar-refractivity contribution >= 4 is 5.91 Å². The van der Waals surface area contributed by atoms with Gasteiger partial charge in [0.2, 0.25) is 5.91 Å². The number of ether oxygens (including phenoxy) is 1. The van der Waals surface area contributed by atoms with E-state index in [1.807, 2.05) is 4.90 Å². The minimum Gasteiger partial charge on any atom is -0.490 e. The molecule has 29 heavy (non-hydrogen) atoms. The smallest absolute Gasteiger partial charge is 0.219 e. The van der Waals surface area contributed by atoms with Gasteiger partial charge in [0.25, 0.3) is 0 Å². The maximum absolute atomic E-state index is 13.5. The largest absolute Gasteiger partial charge is 0.490 e. The molecule has 1 aromatic carbocycles. The van der Waals surface area contributed by atoms with E-state index in [1.54, 1.807) is 17.9 Å². The van der Waals surface area contributed by atoms with Crippen LogP contribution in [0.2, 0.25) is 0 Å². The van der Waals surface area contributed by atoms with E-state index >= 15 is 0 Å². The summed E-state index contributed by atoms with van der Waals surface area (Å²) >= 11 is 0. The van der Waals surface area contributed by atoms with Gasteiger partial charge in [-0.2, -0.15) is 0 Å². The summed E-state index contributed by atoms with van der Waals surface area (Å²) in [7, 11) is 0. The fraction of sp³-hybridized carbons (Fsp3) is 0.682. The van der Waals surface area contributed by atoms with Crippen molar-refractivity contribution in [1.82, 2.24) is 9.80 Å². The maximum atomic E-state index is 13.5. The van der Waals surface area contributed by atoms with Gasteiger partial charge in [-0.1, -0.05) is 19.3 Å². The Morgan fingerprint density at radius 3 is 2.52 bits per heavy atom. The zero-order valence-electron chi connectivity index (χ0n) is 17.5. The van der Waals surface area contributed by atoms with Gasteiger partial charge in [0.15, 0.2) is 0 Å². The van der Waals surface area contributed by atoms with Gasteiger partial charge in [0, 0.05) is 33.1 Å². The number of benzene rings is 1. The van der Waals surface area contributed by atoms with E-state index in [9.17, 15) is 19.4 Å². The molecule has 1 saturated heterocycles. The molecule has 0 bridgehead atoms. The summed E-state index contributed by atoms with van der Waals surface area (Å²) < 4.78 is 19.3. The average molecular weight is 409 g/mol. The van der Waals surface area contributed by atoms with Crippen LogP contribution in [0.25, 0.3) is 0 Å². The minimum absolute atomic E-state index is 0.0171. The van der Waals surface area contributed by atoms with Crippen LogP contribution in [0.1, 0.15) is 44.6 Å². The summed E-state index contributed by atoms with van der Waals surface area (Å²) in [5.41, 5.74) is -1.54. The Bertz CT molecular complexity index is 723. The first-order chi connectivity index (χ1) is 13.7. The second-order valence-corrected chi connectivity index (χ2v) is 8.86. The summed E-state index contributed by atoms with van der Waals surface area (Å²) in [5, 5.41) is 22.3. The van der Waals surface area contributed by atoms with Crippen molar-refractivity contribution in [2.45, 2.75) is 57.2 Å². The lowest BCUT2D eigenvalue weighted by Crippen LogP contribution is -2.54. The van der Waals surface area contributed by atoms with Crippen molar-refractivity contribution in [1.29, 1.82) is 0 Å². The van der Waals surface area contributed by atoms with Gasteiger partial charge in [-0.25, -0.2) is 4.39 Å². The molecule has 1 saturated carbocycles. The highest BCUT2D eigenvalue weighted by molar-refractivity contribution is 5.73. The monoisotopic (exact) mass is 408 g/mol. The van der Waals surface area contributed by atoms with E-state index in [-0.39, 0.29) is 24.9 Å². The highest BCUT2D eigenvalue weighted by atomic mass is 19.1. The van der Waals surface area contributed by atoms with E-state index in [2.05, 4.69) is 0 Å². The number of carbonyl (C=O) groups is 1. The van der Waals surface area contributed by atoms with Crippen LogP contribution in [0.4, 0.5) is 4.39 Å². The Hall–Kier alpha value is -1.70. The van der Waals surface area contributed by atoms with Gasteiger partial charge in [-0.3, -0.25) is 9.69 Å². The van der Waals surface area contributed by atoms with Crippen molar-refractivity contribution in [3.63, 3.8) is 0 Å². The normalized spacial score (nSPS) is 25.5. The van der Waals surface area contributed by atoms with E-state index in [0.29, 0.717) is 37.5 Å². The van der Waals surface area contributed by atoms with Crippen LogP contribution in [-0.4, -0.2) is 76.5 Å². The number of aryl methyl sites for hydroxylation is 1. The second kappa shape index (κ2) is 8.98. The molecular formula is C22H33FN2O4. The zero-order valence-corrected chi connectivity index (χ0v) is 17.5. The number of carbonyl (C=O) groups excluding carboxylic acids is 1. The topological polar surface area (TPSA) is 73.2 Å². The first-order valence-electron chi connectivity index (χ1n) is 10.5. The molecule has 0 aromatic heterocycles. The van der Waals surface area contributed by atoms with Gasteiger partial charge < -0.3 is 19.8 Å². The van der Waals surface area contributed by atoms with Gasteiger partial charge in [-0.15, -0.1) is 0 Å². The molecule has 1 atom stereocenters. The molecule has 2 aliphatic rings. The fourth-order valence-corrected chi connectivity index (χ4v) is 4.45. The molecule has 3 rings (SSSR count). The molecule has 2 N–H and O–H groups in total. The lowest BCUT2D eigenvalue weighted by Gasteiger charge is -2.38. The van der Waals surface area contributed by atoms with E-state index in [1.165, 1.54) is 19.1 Å². The fourth-order valence-electron chi connectivity index (χ4n) is 4.45. The number of hydrogen-bond acceptors (Lipinski definition) is 5. The molecule has 0 radical (unpaired) electrons. The molecule has 1 aliphatic heterocycles. The Kier molecular flexibility index (Phi) is 6.81. The first-order valence-corrected chi connectivity index (χ1v) is 10.5. The second-order valence-electron chi connectivity index (χ2n) is 8.86. The highest BCUT2D eigenvalue weighted by Gasteiger charge is 2.40. The molecule has 1 heterocycles. The number of amides is 1. The molecule has 1 unspecified atom stereocenters. The van der Waals surface area contributed by atoms with E-state index < -0.39 is 11.2 Å². The van der Waals surface area contributed by atoms with Crippen LogP contribution in [-0.2, 0) is 4.79 Å². The zero-order chi connectivity index (χ0) is 21.1. The van der Waals surface area contributed by atoms with Crippen molar-refractivity contribution in [3.8, 4) is 5.75 Å². The number of rotatable bonds is 5. The number of halogens is 1. The summed E-state index contributed by atoms with van der Waals surface area (Å²) in [6.07, 6.45) is 4.71. The van der Waals surface area contributed by atoms with Crippen LogP contribution >= 0.6 is 0 Å². The third kappa shape index (κ3) is 5.90. The maximum Gasteiger partial charge on any atom is 0.219 e. The van der Waals surface area contributed by atoms with Crippen LogP contribution in [0.3, 0.4) is 0 Å². The Morgan fingerprint density at radius 2 is 1.86 bits per heavy atom. The SMILES string of the molecule is CC(=O)N1CCN(CC2(O)CCCCC2)CC(O)(COc2ccc(F)c(C)c2)C1. The predicted molar refractivity (Wildman–Crippen MR) is 108 cm³/mol. The highest BCUT2D eigenvalue weighted by Crippen LogP contribution is 2.30. The summed E-state index contributed by atoms with van der Waals surface area (Å²) in [4.78, 5) is 15.7. The van der Waals surface area contributed by atoms with Gasteiger partial charge in [-0.05, 0) is 43.5 Å². The number of aliphatic hydroxyl groups is 2. The first kappa shape index (κ1) is 22.0. The number of hydrogen-bond donors (Lipinski definition) is 2. The third-order valence-electron chi connectivity index (χ3n) is 6.07. The van der Waals surface area contributed by atoms with Crippen LogP contribution in [0.15, 0.2) is 18.2 Å². The molecule has 1 aromatic rings. The number of nitrogens with zero attached hydrogens (tertiary/aromatic N) is 2. The van der Waals surface area contributed by atoms with Gasteiger partial charge >= 0.3 is 0 Å². The van der Waals surface area contributed by atoms with Crippen molar-refractivity contribution in [3.05, 3.63) is 29.6 Å². The third-order valence-corrected chi connectivity index (χ3v) is 6.07. The standard InChI is InChI=1S/C22H33FN2O4/c1-17-12-19(6-7-20(17)23)29-16-22(28)14-24(10-11-25(15-22)18(2)26)13-21(27)8-4-3-5-9-21/h6-7,12,27-28H,3-5,8-11,13-16H2,1-2H3. The average Bonchev–Trinajstić information content (AvgIpc) is 2.82. The van der Waals surface area contributed by atoms with Gasteiger partial charge in [0.1, 0.15) is 23.8 Å². The van der Waals surface area contributed by atoms with E-state index in [0.717, 1.165) is 32.1 Å². The molecule has 2 fully saturated rings. The summed E-state index contributed by atoms with van der Waals surface area (Å²) in [5.74, 6) is 0.0767. The quantitative estimate of drug-likeness (QED) is 0.781. The van der Waals surface area contributed by atoms with Crippen molar-refractivity contribution in [2.24, 2.45) is 0 Å². The molecule has 0 spiro atoms. The van der Waals surface area contributed by atoms with E-state index in [4.69, 9.17) is 4.74 Å². The minimum atomic E-state index is -1.28. The molecule has 162 valence electrons. The Labute approximate surface area is 172 Å². The Morgan fingerprint density at radius 1 is 1.14 bits per heavy atom. The lowest BCUT2D eigenvalue weighted by atomic mass is 9.84. The molecule has 7 heteroatoms. The lowest BCUT2D eigenvalue weighted by molar-refractivity contribution is -0.132. The molecule has 1 aliphatic carbocycles. The van der Waals surface area contributed by atoms with Gasteiger partial charge in [0.05, 0.1) is 12.1 Å². The van der Waals surface area contributed by atoms with Crippen LogP contribution < -0.4 is 4.74 Å². The summed E-state index contributed by atoms with van der Waals surface area (Å²) in [6.45, 7) is 5.19. The molecule has 6 nitrogen and oxygen atoms in total. The predicted octanol–water partition coefficient (Wildman–Crippen LogP) is 2.10. The molecule has 1 amide bonds.